The van der Waals surface area contributed by atoms with Crippen molar-refractivity contribution in [1.82, 2.24) is 9.88 Å². The Hall–Kier alpha value is -2.22. The van der Waals surface area contributed by atoms with Gasteiger partial charge in [0.15, 0.2) is 10.9 Å². The summed E-state index contributed by atoms with van der Waals surface area (Å²) >= 11 is 1.56. The molecule has 1 aromatic carbocycles. The number of aryl methyl sites for hydroxylation is 2. The maximum atomic E-state index is 13.1. The number of hydrogen-bond acceptors (Lipinski definition) is 6. The Morgan fingerprint density at radius 3 is 2.85 bits per heavy atom. The molecule has 3 aromatic rings. The number of nitrogens with zero attached hydrogens (tertiary/aromatic N) is 3. The lowest BCUT2D eigenvalue weighted by Gasteiger charge is -2.28. The van der Waals surface area contributed by atoms with Gasteiger partial charge in [0, 0.05) is 26.2 Å². The molecular weight excluding hydrogens is 362 g/mol. The molecule has 0 bridgehead atoms. The van der Waals surface area contributed by atoms with Gasteiger partial charge in [-0.05, 0) is 43.2 Å². The Morgan fingerprint density at radius 1 is 1.30 bits per heavy atom. The average Bonchev–Trinajstić information content (AvgIpc) is 3.32. The van der Waals surface area contributed by atoms with Crippen LogP contribution in [0.4, 0.5) is 5.13 Å². The van der Waals surface area contributed by atoms with Crippen LogP contribution in [0.3, 0.4) is 0 Å². The number of benzene rings is 1. The summed E-state index contributed by atoms with van der Waals surface area (Å²) in [5, 5.41) is 0.716. The number of fused-ring (bicyclic) bond motifs is 1. The molecule has 142 valence electrons. The van der Waals surface area contributed by atoms with E-state index >= 15 is 0 Å². The molecule has 1 aliphatic heterocycles. The first-order valence-electron chi connectivity index (χ1n) is 9.15. The van der Waals surface area contributed by atoms with Gasteiger partial charge in [-0.1, -0.05) is 17.4 Å². The maximum absolute atomic E-state index is 13.1. The van der Waals surface area contributed by atoms with Crippen LogP contribution < -0.4 is 4.90 Å². The molecule has 0 saturated carbocycles. The fraction of sp³-hybridized carbons (Fsp3) is 0.400. The van der Waals surface area contributed by atoms with E-state index in [9.17, 15) is 4.79 Å². The lowest BCUT2D eigenvalue weighted by molar-refractivity contribution is 0.0390. The first-order chi connectivity index (χ1) is 13.1. The van der Waals surface area contributed by atoms with Crippen molar-refractivity contribution < 1.29 is 13.9 Å². The molecule has 0 spiro atoms. The van der Waals surface area contributed by atoms with E-state index in [0.29, 0.717) is 17.4 Å². The molecule has 1 saturated heterocycles. The Morgan fingerprint density at radius 2 is 2.11 bits per heavy atom. The quantitative estimate of drug-likeness (QED) is 0.673. The predicted octanol–water partition coefficient (Wildman–Crippen LogP) is 3.49. The van der Waals surface area contributed by atoms with E-state index in [1.54, 1.807) is 28.4 Å². The van der Waals surface area contributed by atoms with Gasteiger partial charge in [-0.3, -0.25) is 14.6 Å². The molecule has 2 aromatic heterocycles. The summed E-state index contributed by atoms with van der Waals surface area (Å²) in [5.74, 6) is 0.186. The third-order valence-electron chi connectivity index (χ3n) is 4.76. The van der Waals surface area contributed by atoms with Crippen molar-refractivity contribution in [3.63, 3.8) is 0 Å². The van der Waals surface area contributed by atoms with Crippen LogP contribution in [0, 0.1) is 13.8 Å². The smallest absolute Gasteiger partial charge is 0.295 e. The van der Waals surface area contributed by atoms with Gasteiger partial charge in [0.05, 0.1) is 29.7 Å². The summed E-state index contributed by atoms with van der Waals surface area (Å²) in [4.78, 5) is 21.9. The highest BCUT2D eigenvalue weighted by Crippen LogP contribution is 2.32. The largest absolute Gasteiger partial charge is 0.459 e. The van der Waals surface area contributed by atoms with Gasteiger partial charge in [0.2, 0.25) is 0 Å². The van der Waals surface area contributed by atoms with Gasteiger partial charge in [-0.2, -0.15) is 0 Å². The molecule has 27 heavy (non-hydrogen) atoms. The van der Waals surface area contributed by atoms with Crippen molar-refractivity contribution >= 4 is 32.6 Å². The van der Waals surface area contributed by atoms with Crippen LogP contribution in [0.5, 0.6) is 0 Å². The number of aromatic nitrogens is 1. The molecule has 6 nitrogen and oxygen atoms in total. The summed E-state index contributed by atoms with van der Waals surface area (Å²) in [5.41, 5.74) is 3.30. The zero-order chi connectivity index (χ0) is 18.8. The maximum Gasteiger partial charge on any atom is 0.295 e. The van der Waals surface area contributed by atoms with Crippen molar-refractivity contribution in [2.75, 3.05) is 44.3 Å². The highest BCUT2D eigenvalue weighted by atomic mass is 32.1. The molecule has 4 rings (SSSR count). The van der Waals surface area contributed by atoms with Crippen molar-refractivity contribution in [1.29, 1.82) is 0 Å². The van der Waals surface area contributed by atoms with E-state index in [4.69, 9.17) is 14.1 Å². The van der Waals surface area contributed by atoms with E-state index in [1.165, 1.54) is 17.4 Å². The van der Waals surface area contributed by atoms with Crippen LogP contribution in [-0.4, -0.2) is 55.2 Å². The summed E-state index contributed by atoms with van der Waals surface area (Å²) in [7, 11) is 0. The molecule has 1 aliphatic rings. The highest BCUT2D eigenvalue weighted by Gasteiger charge is 2.24. The second kappa shape index (κ2) is 7.80. The normalized spacial score (nSPS) is 15.3. The molecule has 1 fully saturated rings. The molecule has 0 radical (unpaired) electrons. The number of amides is 1. The van der Waals surface area contributed by atoms with Gasteiger partial charge in [-0.25, -0.2) is 4.98 Å². The van der Waals surface area contributed by atoms with Gasteiger partial charge < -0.3 is 9.15 Å². The van der Waals surface area contributed by atoms with E-state index in [-0.39, 0.29) is 5.91 Å². The average molecular weight is 385 g/mol. The monoisotopic (exact) mass is 385 g/mol. The minimum absolute atomic E-state index is 0.151. The lowest BCUT2D eigenvalue weighted by atomic mass is 10.1. The zero-order valence-electron chi connectivity index (χ0n) is 15.6. The van der Waals surface area contributed by atoms with Crippen molar-refractivity contribution in [3.8, 4) is 0 Å². The number of carbonyl (C=O) groups excluding carboxylic acids is 1. The summed E-state index contributed by atoms with van der Waals surface area (Å²) < 4.78 is 11.9. The first-order valence-corrected chi connectivity index (χ1v) is 9.97. The number of ether oxygens (including phenoxy) is 1. The lowest BCUT2D eigenvalue weighted by Crippen LogP contribution is -2.43. The molecule has 3 heterocycles. The minimum atomic E-state index is -0.151. The topological polar surface area (TPSA) is 58.8 Å². The molecule has 7 heteroatoms. The Labute approximate surface area is 162 Å². The van der Waals surface area contributed by atoms with Crippen LogP contribution in [0.25, 0.3) is 10.2 Å². The first kappa shape index (κ1) is 18.2. The van der Waals surface area contributed by atoms with E-state index in [1.807, 2.05) is 0 Å². The van der Waals surface area contributed by atoms with Crippen molar-refractivity contribution in [2.24, 2.45) is 0 Å². The number of hydrogen-bond donors (Lipinski definition) is 0. The van der Waals surface area contributed by atoms with Crippen molar-refractivity contribution in [2.45, 2.75) is 13.8 Å². The molecule has 0 N–H and O–H groups in total. The standard InChI is InChI=1S/C20H23N3O3S/c1-14-12-15(2)18-16(13-14)21-20(27-18)23(19(24)17-4-3-9-26-17)6-5-22-7-10-25-11-8-22/h3-4,9,12-13H,5-8,10-11H2,1-2H3. The van der Waals surface area contributed by atoms with Gasteiger partial charge in [0.25, 0.3) is 5.91 Å². The third-order valence-corrected chi connectivity index (χ3v) is 5.99. The molecule has 1 amide bonds. The zero-order valence-corrected chi connectivity index (χ0v) is 16.4. The van der Waals surface area contributed by atoms with Crippen LogP contribution >= 0.6 is 11.3 Å². The van der Waals surface area contributed by atoms with Gasteiger partial charge >= 0.3 is 0 Å². The fourth-order valence-corrected chi connectivity index (χ4v) is 4.40. The number of morpholine rings is 1. The van der Waals surface area contributed by atoms with E-state index in [0.717, 1.165) is 43.1 Å². The fourth-order valence-electron chi connectivity index (χ4n) is 3.36. The predicted molar refractivity (Wildman–Crippen MR) is 107 cm³/mol. The second-order valence-corrected chi connectivity index (χ2v) is 7.79. The second-order valence-electron chi connectivity index (χ2n) is 6.81. The van der Waals surface area contributed by atoms with Crippen LogP contribution in [-0.2, 0) is 4.74 Å². The van der Waals surface area contributed by atoms with E-state index in [2.05, 4.69) is 30.9 Å². The molecule has 0 atom stereocenters. The Kier molecular flexibility index (Phi) is 5.24. The number of furan rings is 1. The van der Waals surface area contributed by atoms with Crippen LogP contribution in [0.2, 0.25) is 0 Å². The SMILES string of the molecule is Cc1cc(C)c2sc(N(CCN3CCOCC3)C(=O)c3ccco3)nc2c1. The van der Waals surface area contributed by atoms with Gasteiger partial charge in [-0.15, -0.1) is 0 Å². The third kappa shape index (κ3) is 3.90. The number of carbonyl (C=O) groups is 1. The summed E-state index contributed by atoms with van der Waals surface area (Å²) in [6.07, 6.45) is 1.53. The van der Waals surface area contributed by atoms with E-state index < -0.39 is 0 Å². The highest BCUT2D eigenvalue weighted by molar-refractivity contribution is 7.22. The number of thiazole rings is 1. The minimum Gasteiger partial charge on any atom is -0.459 e. The summed E-state index contributed by atoms with van der Waals surface area (Å²) in [6.45, 7) is 8.76. The van der Waals surface area contributed by atoms with Gasteiger partial charge in [0.1, 0.15) is 0 Å². The number of rotatable bonds is 5. The molecule has 0 unspecified atom stereocenters. The van der Waals surface area contributed by atoms with Crippen LogP contribution in [0.15, 0.2) is 34.9 Å². The molecule has 0 aliphatic carbocycles. The Bertz CT molecular complexity index is 930. The van der Waals surface area contributed by atoms with Crippen LogP contribution in [0.1, 0.15) is 21.7 Å². The number of anilines is 1. The Balaban J connectivity index is 1.64. The summed E-state index contributed by atoms with van der Waals surface area (Å²) in [6, 6.07) is 7.66. The van der Waals surface area contributed by atoms with Crippen molar-refractivity contribution in [3.05, 3.63) is 47.4 Å². The molecular formula is C20H23N3O3S.